The number of rotatable bonds is 11. The first-order valence-corrected chi connectivity index (χ1v) is 12.6. The minimum absolute atomic E-state index is 0.0425. The molecule has 8 nitrogen and oxygen atoms in total. The highest BCUT2D eigenvalue weighted by atomic mass is 32.2. The minimum Gasteiger partial charge on any atom is -0.465 e. The van der Waals surface area contributed by atoms with E-state index in [0.29, 0.717) is 31.0 Å². The number of aryl methyl sites for hydroxylation is 1. The predicted molar refractivity (Wildman–Crippen MR) is 128 cm³/mol. The van der Waals surface area contributed by atoms with Crippen LogP contribution in [-0.2, 0) is 39.2 Å². The van der Waals surface area contributed by atoms with Crippen LogP contribution in [0, 0.1) is 5.82 Å². The second-order valence-corrected chi connectivity index (χ2v) is 10.3. The van der Waals surface area contributed by atoms with Crippen molar-refractivity contribution in [2.45, 2.75) is 44.8 Å². The van der Waals surface area contributed by atoms with Crippen LogP contribution in [0.25, 0.3) is 11.0 Å². The molecule has 0 aliphatic heterocycles. The van der Waals surface area contributed by atoms with Crippen molar-refractivity contribution in [1.82, 2.24) is 18.8 Å². The quantitative estimate of drug-likeness (QED) is 0.383. The first-order chi connectivity index (χ1) is 16.1. The molecule has 0 bridgehead atoms. The summed E-state index contributed by atoms with van der Waals surface area (Å²) in [6.45, 7) is 5.55. The van der Waals surface area contributed by atoms with E-state index < -0.39 is 10.0 Å². The smallest absolute Gasteiger partial charge is 0.320 e. The summed E-state index contributed by atoms with van der Waals surface area (Å²) < 4.78 is 46.9. The number of benzene rings is 2. The van der Waals surface area contributed by atoms with Crippen molar-refractivity contribution < 1.29 is 22.3 Å². The lowest BCUT2D eigenvalue weighted by molar-refractivity contribution is -0.144. The first kappa shape index (κ1) is 25.8. The molecule has 0 aliphatic rings. The van der Waals surface area contributed by atoms with Gasteiger partial charge in [0.15, 0.2) is 0 Å². The number of nitrogens with zero attached hydrogens (tertiary/aromatic N) is 4. The molecule has 0 fully saturated rings. The Bertz CT molecular complexity index is 1240. The molecule has 0 saturated heterocycles. The van der Waals surface area contributed by atoms with Gasteiger partial charge in [-0.15, -0.1) is 0 Å². The molecular formula is C24H31FN4O4S. The second-order valence-electron chi connectivity index (χ2n) is 8.19. The maximum atomic E-state index is 13.4. The Morgan fingerprint density at radius 1 is 1.09 bits per heavy atom. The summed E-state index contributed by atoms with van der Waals surface area (Å²) in [7, 11) is -0.613. The summed E-state index contributed by atoms with van der Waals surface area (Å²) >= 11 is 0. The monoisotopic (exact) mass is 490 g/mol. The molecule has 0 unspecified atom stereocenters. The number of hydrogen-bond donors (Lipinski definition) is 0. The third-order valence-electron chi connectivity index (χ3n) is 5.37. The van der Waals surface area contributed by atoms with Gasteiger partial charge >= 0.3 is 5.97 Å². The van der Waals surface area contributed by atoms with E-state index in [1.54, 1.807) is 37.3 Å². The maximum absolute atomic E-state index is 13.4. The van der Waals surface area contributed by atoms with Crippen LogP contribution >= 0.6 is 0 Å². The zero-order chi connectivity index (χ0) is 24.9. The molecule has 0 amide bonds. The van der Waals surface area contributed by atoms with Gasteiger partial charge in [0.25, 0.3) is 0 Å². The highest BCUT2D eigenvalue weighted by Crippen LogP contribution is 2.23. The standard InChI is InChI=1S/C24H31FN4O4S/c1-5-13-29-22-12-11-20(34(31,32)27(3)4)14-21(22)26-23(29)16-28(17-24(30)33-6-2)15-18-7-9-19(25)10-8-18/h7-12,14H,5-6,13,15-17H2,1-4H3. The molecule has 10 heteroatoms. The zero-order valence-corrected chi connectivity index (χ0v) is 20.8. The first-order valence-electron chi connectivity index (χ1n) is 11.2. The van der Waals surface area contributed by atoms with Crippen molar-refractivity contribution >= 4 is 27.0 Å². The molecule has 3 rings (SSSR count). The topological polar surface area (TPSA) is 84.7 Å². The number of carbonyl (C=O) groups excluding carboxylic acids is 1. The van der Waals surface area contributed by atoms with Crippen LogP contribution in [0.2, 0.25) is 0 Å². The maximum Gasteiger partial charge on any atom is 0.320 e. The summed E-state index contributed by atoms with van der Waals surface area (Å²) in [5, 5.41) is 0. The van der Waals surface area contributed by atoms with Gasteiger partial charge in [-0.05, 0) is 49.2 Å². The van der Waals surface area contributed by atoms with Crippen LogP contribution in [0.1, 0.15) is 31.7 Å². The van der Waals surface area contributed by atoms with E-state index in [2.05, 4.69) is 6.92 Å². The van der Waals surface area contributed by atoms with Gasteiger partial charge in [0.05, 0.1) is 35.6 Å². The van der Waals surface area contributed by atoms with Gasteiger partial charge in [0, 0.05) is 27.2 Å². The molecule has 0 N–H and O–H groups in total. The fourth-order valence-corrected chi connectivity index (χ4v) is 4.65. The van der Waals surface area contributed by atoms with Gasteiger partial charge < -0.3 is 9.30 Å². The van der Waals surface area contributed by atoms with Crippen LogP contribution in [-0.4, -0.2) is 60.4 Å². The lowest BCUT2D eigenvalue weighted by atomic mass is 10.2. The minimum atomic E-state index is -3.59. The molecule has 0 atom stereocenters. The number of hydrogen-bond acceptors (Lipinski definition) is 6. The lowest BCUT2D eigenvalue weighted by Crippen LogP contribution is -2.31. The van der Waals surface area contributed by atoms with E-state index in [1.165, 1.54) is 30.5 Å². The lowest BCUT2D eigenvalue weighted by Gasteiger charge is -2.22. The number of imidazole rings is 1. The summed E-state index contributed by atoms with van der Waals surface area (Å²) in [6.07, 6.45) is 0.853. The predicted octanol–water partition coefficient (Wildman–Crippen LogP) is 3.40. The average molecular weight is 491 g/mol. The highest BCUT2D eigenvalue weighted by molar-refractivity contribution is 7.89. The molecule has 1 aromatic heterocycles. The summed E-state index contributed by atoms with van der Waals surface area (Å²) in [6, 6.07) is 11.1. The molecule has 3 aromatic rings. The van der Waals surface area contributed by atoms with Gasteiger partial charge in [0.2, 0.25) is 10.0 Å². The van der Waals surface area contributed by atoms with E-state index in [1.807, 2.05) is 9.47 Å². The van der Waals surface area contributed by atoms with Gasteiger partial charge in [-0.2, -0.15) is 0 Å². The Morgan fingerprint density at radius 2 is 1.79 bits per heavy atom. The SMILES string of the molecule is CCCn1c(CN(CC(=O)OCC)Cc2ccc(F)cc2)nc2cc(S(=O)(=O)N(C)C)ccc21. The summed E-state index contributed by atoms with van der Waals surface area (Å²) in [4.78, 5) is 19.1. The van der Waals surface area contributed by atoms with Crippen molar-refractivity contribution in [2.75, 3.05) is 27.2 Å². The van der Waals surface area contributed by atoms with E-state index in [0.717, 1.165) is 17.5 Å². The van der Waals surface area contributed by atoms with Crippen molar-refractivity contribution in [3.8, 4) is 0 Å². The van der Waals surface area contributed by atoms with Crippen LogP contribution in [0.4, 0.5) is 4.39 Å². The molecule has 0 saturated carbocycles. The van der Waals surface area contributed by atoms with E-state index in [-0.39, 0.29) is 29.8 Å². The van der Waals surface area contributed by atoms with Gasteiger partial charge in [-0.1, -0.05) is 19.1 Å². The van der Waals surface area contributed by atoms with Gasteiger partial charge in [-0.3, -0.25) is 9.69 Å². The number of fused-ring (bicyclic) bond motifs is 1. The molecule has 2 aromatic carbocycles. The molecular weight excluding hydrogens is 459 g/mol. The second kappa shape index (κ2) is 11.1. The number of carbonyl (C=O) groups is 1. The summed E-state index contributed by atoms with van der Waals surface area (Å²) in [5.74, 6) is 0.0266. The van der Waals surface area contributed by atoms with Crippen LogP contribution in [0.3, 0.4) is 0 Å². The van der Waals surface area contributed by atoms with Crippen LogP contribution < -0.4 is 0 Å². The summed E-state index contributed by atoms with van der Waals surface area (Å²) in [5.41, 5.74) is 2.25. The Balaban J connectivity index is 1.98. The largest absolute Gasteiger partial charge is 0.465 e. The molecule has 0 aliphatic carbocycles. The number of ether oxygens (including phenoxy) is 1. The van der Waals surface area contributed by atoms with Crippen molar-refractivity contribution in [1.29, 1.82) is 0 Å². The number of esters is 1. The Morgan fingerprint density at radius 3 is 2.41 bits per heavy atom. The number of halogens is 1. The van der Waals surface area contributed by atoms with Gasteiger partial charge in [-0.25, -0.2) is 22.1 Å². The molecule has 0 spiro atoms. The number of aromatic nitrogens is 2. The van der Waals surface area contributed by atoms with E-state index in [9.17, 15) is 17.6 Å². The number of sulfonamides is 1. The normalized spacial score (nSPS) is 12.1. The molecule has 184 valence electrons. The van der Waals surface area contributed by atoms with Gasteiger partial charge in [0.1, 0.15) is 11.6 Å². The Hall–Kier alpha value is -2.82. The highest BCUT2D eigenvalue weighted by Gasteiger charge is 2.21. The zero-order valence-electron chi connectivity index (χ0n) is 20.0. The van der Waals surface area contributed by atoms with E-state index in [4.69, 9.17) is 9.72 Å². The van der Waals surface area contributed by atoms with Crippen molar-refractivity contribution in [2.24, 2.45) is 0 Å². The Kier molecular flexibility index (Phi) is 8.40. The van der Waals surface area contributed by atoms with Crippen molar-refractivity contribution in [3.05, 3.63) is 59.7 Å². The average Bonchev–Trinajstić information content (AvgIpc) is 3.11. The van der Waals surface area contributed by atoms with Crippen molar-refractivity contribution in [3.63, 3.8) is 0 Å². The van der Waals surface area contributed by atoms with E-state index >= 15 is 0 Å². The Labute approximate surface area is 200 Å². The fraction of sp³-hybridized carbons (Fsp3) is 0.417. The third-order valence-corrected chi connectivity index (χ3v) is 7.18. The molecule has 0 radical (unpaired) electrons. The molecule has 1 heterocycles. The van der Waals surface area contributed by atoms with Crippen LogP contribution in [0.15, 0.2) is 47.4 Å². The van der Waals surface area contributed by atoms with Crippen LogP contribution in [0.5, 0.6) is 0 Å². The molecule has 34 heavy (non-hydrogen) atoms. The third kappa shape index (κ3) is 5.99. The fourth-order valence-electron chi connectivity index (χ4n) is 3.73.